The van der Waals surface area contributed by atoms with E-state index in [2.05, 4.69) is 10.6 Å². The van der Waals surface area contributed by atoms with Crippen molar-refractivity contribution in [2.24, 2.45) is 7.05 Å². The molecule has 1 aromatic heterocycles. The van der Waals surface area contributed by atoms with E-state index in [4.69, 9.17) is 4.74 Å². The van der Waals surface area contributed by atoms with E-state index in [1.807, 2.05) is 62.5 Å². The van der Waals surface area contributed by atoms with Crippen molar-refractivity contribution in [3.63, 3.8) is 0 Å². The van der Waals surface area contributed by atoms with Crippen molar-refractivity contribution < 1.29 is 4.74 Å². The molecular weight excluding hydrogens is 260 g/mol. The molecule has 0 spiro atoms. The highest BCUT2D eigenvalue weighted by molar-refractivity contribution is 5.94. The maximum absolute atomic E-state index is 9.54. The zero-order chi connectivity index (χ0) is 14.8. The summed E-state index contributed by atoms with van der Waals surface area (Å²) in [5, 5.41) is 10.5. The number of nitriles is 1. The fourth-order valence-electron chi connectivity index (χ4n) is 2.72. The van der Waals surface area contributed by atoms with Crippen molar-refractivity contribution in [1.82, 2.24) is 4.57 Å². The van der Waals surface area contributed by atoms with Gasteiger partial charge in [-0.1, -0.05) is 18.2 Å². The Hall–Kier alpha value is -2.73. The first-order valence-corrected chi connectivity index (χ1v) is 6.97. The number of rotatable bonds is 3. The summed E-state index contributed by atoms with van der Waals surface area (Å²) in [5.41, 5.74) is 3.76. The van der Waals surface area contributed by atoms with Gasteiger partial charge in [0, 0.05) is 18.0 Å². The molecular formula is C18H16N2O. The average molecular weight is 276 g/mol. The minimum Gasteiger partial charge on any atom is -0.494 e. The van der Waals surface area contributed by atoms with Gasteiger partial charge in [0.25, 0.3) is 0 Å². The Labute approximate surface area is 124 Å². The molecule has 0 saturated heterocycles. The summed E-state index contributed by atoms with van der Waals surface area (Å²) >= 11 is 0. The Bertz CT molecular complexity index is 823. The predicted molar refractivity (Wildman–Crippen MR) is 84.2 cm³/mol. The predicted octanol–water partition coefficient (Wildman–Crippen LogP) is 4.12. The zero-order valence-electron chi connectivity index (χ0n) is 12.1. The molecule has 0 unspecified atom stereocenters. The van der Waals surface area contributed by atoms with Crippen LogP contribution in [0.15, 0.2) is 48.5 Å². The van der Waals surface area contributed by atoms with E-state index in [1.54, 1.807) is 0 Å². The van der Waals surface area contributed by atoms with Crippen molar-refractivity contribution >= 4 is 10.9 Å². The molecule has 0 saturated carbocycles. The van der Waals surface area contributed by atoms with Gasteiger partial charge in [-0.2, -0.15) is 5.26 Å². The first kappa shape index (κ1) is 13.3. The van der Waals surface area contributed by atoms with Crippen molar-refractivity contribution in [3.05, 3.63) is 54.1 Å². The number of ether oxygens (including phenoxy) is 1. The fourth-order valence-corrected chi connectivity index (χ4v) is 2.72. The van der Waals surface area contributed by atoms with Crippen LogP contribution in [0.3, 0.4) is 0 Å². The van der Waals surface area contributed by atoms with Gasteiger partial charge in [-0.05, 0) is 42.8 Å². The number of para-hydroxylation sites is 1. The molecule has 3 heteroatoms. The lowest BCUT2D eigenvalue weighted by Crippen LogP contribution is -1.94. The molecule has 0 aliphatic heterocycles. The SMILES string of the molecule is CCOc1ccc(-c2c(C#N)c3ccccc3n2C)cc1. The summed E-state index contributed by atoms with van der Waals surface area (Å²) in [7, 11) is 2.00. The highest BCUT2D eigenvalue weighted by atomic mass is 16.5. The minimum atomic E-state index is 0.650. The van der Waals surface area contributed by atoms with Gasteiger partial charge in [0.1, 0.15) is 11.8 Å². The third kappa shape index (κ3) is 2.15. The first-order valence-electron chi connectivity index (χ1n) is 6.97. The van der Waals surface area contributed by atoms with Crippen LogP contribution < -0.4 is 4.74 Å². The lowest BCUT2D eigenvalue weighted by Gasteiger charge is -2.07. The molecule has 0 aliphatic carbocycles. The van der Waals surface area contributed by atoms with E-state index in [9.17, 15) is 5.26 Å². The molecule has 3 nitrogen and oxygen atoms in total. The molecule has 0 amide bonds. The van der Waals surface area contributed by atoms with Gasteiger partial charge < -0.3 is 9.30 Å². The van der Waals surface area contributed by atoms with Crippen LogP contribution in [0.2, 0.25) is 0 Å². The second-order valence-corrected chi connectivity index (χ2v) is 4.87. The number of nitrogens with zero attached hydrogens (tertiary/aromatic N) is 2. The number of hydrogen-bond acceptors (Lipinski definition) is 2. The Morgan fingerprint density at radius 1 is 1.10 bits per heavy atom. The normalized spacial score (nSPS) is 10.5. The Balaban J connectivity index is 2.20. The number of benzene rings is 2. The number of hydrogen-bond donors (Lipinski definition) is 0. The van der Waals surface area contributed by atoms with Crippen LogP contribution in [0, 0.1) is 11.3 Å². The van der Waals surface area contributed by atoms with Gasteiger partial charge in [-0.3, -0.25) is 0 Å². The first-order chi connectivity index (χ1) is 10.3. The van der Waals surface area contributed by atoms with Gasteiger partial charge in [0.05, 0.1) is 17.9 Å². The van der Waals surface area contributed by atoms with Crippen molar-refractivity contribution in [2.45, 2.75) is 6.92 Å². The molecule has 0 radical (unpaired) electrons. The highest BCUT2D eigenvalue weighted by Crippen LogP contribution is 2.33. The third-order valence-corrected chi connectivity index (χ3v) is 3.66. The third-order valence-electron chi connectivity index (χ3n) is 3.66. The standard InChI is InChI=1S/C18H16N2O/c1-3-21-14-10-8-13(9-11-14)18-16(12-19)15-6-4-5-7-17(15)20(18)2/h4-11H,3H2,1-2H3. The molecule has 21 heavy (non-hydrogen) atoms. The highest BCUT2D eigenvalue weighted by Gasteiger charge is 2.15. The van der Waals surface area contributed by atoms with Crippen LogP contribution >= 0.6 is 0 Å². The van der Waals surface area contributed by atoms with Crippen molar-refractivity contribution in [3.8, 4) is 23.1 Å². The minimum absolute atomic E-state index is 0.650. The van der Waals surface area contributed by atoms with Crippen LogP contribution in [0.25, 0.3) is 22.2 Å². The quantitative estimate of drug-likeness (QED) is 0.721. The van der Waals surface area contributed by atoms with Gasteiger partial charge in [0.15, 0.2) is 0 Å². The molecule has 3 rings (SSSR count). The molecule has 0 aliphatic rings. The monoisotopic (exact) mass is 276 g/mol. The fraction of sp³-hybridized carbons (Fsp3) is 0.167. The van der Waals surface area contributed by atoms with Crippen LogP contribution in [-0.4, -0.2) is 11.2 Å². The maximum atomic E-state index is 9.54. The van der Waals surface area contributed by atoms with Crippen LogP contribution in [0.4, 0.5) is 0 Å². The zero-order valence-corrected chi connectivity index (χ0v) is 12.1. The smallest absolute Gasteiger partial charge is 0.119 e. The summed E-state index contributed by atoms with van der Waals surface area (Å²) in [6, 6.07) is 18.2. The second-order valence-electron chi connectivity index (χ2n) is 4.87. The van der Waals surface area contributed by atoms with Gasteiger partial charge in [-0.25, -0.2) is 0 Å². The Morgan fingerprint density at radius 2 is 1.81 bits per heavy atom. The molecule has 3 aromatic rings. The lowest BCUT2D eigenvalue weighted by atomic mass is 10.1. The van der Waals surface area contributed by atoms with Crippen LogP contribution in [-0.2, 0) is 7.05 Å². The van der Waals surface area contributed by atoms with Crippen molar-refractivity contribution in [1.29, 1.82) is 5.26 Å². The topological polar surface area (TPSA) is 37.9 Å². The molecule has 0 N–H and O–H groups in total. The summed E-state index contributed by atoms with van der Waals surface area (Å²) in [6.07, 6.45) is 0. The Morgan fingerprint density at radius 3 is 2.48 bits per heavy atom. The van der Waals surface area contributed by atoms with Crippen molar-refractivity contribution in [2.75, 3.05) is 6.61 Å². The van der Waals surface area contributed by atoms with E-state index in [-0.39, 0.29) is 0 Å². The molecule has 0 fully saturated rings. The maximum Gasteiger partial charge on any atom is 0.119 e. The second kappa shape index (κ2) is 5.34. The number of fused-ring (bicyclic) bond motifs is 1. The molecule has 0 atom stereocenters. The van der Waals surface area contributed by atoms with Gasteiger partial charge >= 0.3 is 0 Å². The van der Waals surface area contributed by atoms with E-state index < -0.39 is 0 Å². The summed E-state index contributed by atoms with van der Waals surface area (Å²) < 4.78 is 7.54. The molecule has 0 bridgehead atoms. The average Bonchev–Trinajstić information content (AvgIpc) is 2.81. The largest absolute Gasteiger partial charge is 0.494 e. The summed E-state index contributed by atoms with van der Waals surface area (Å²) in [5.74, 6) is 0.846. The lowest BCUT2D eigenvalue weighted by molar-refractivity contribution is 0.340. The number of aromatic nitrogens is 1. The van der Waals surface area contributed by atoms with E-state index in [0.29, 0.717) is 6.61 Å². The molecule has 2 aromatic carbocycles. The molecule has 1 heterocycles. The molecule has 104 valence electrons. The number of aryl methyl sites for hydroxylation is 1. The van der Waals surface area contributed by atoms with E-state index >= 15 is 0 Å². The summed E-state index contributed by atoms with van der Waals surface area (Å²) in [4.78, 5) is 0. The summed E-state index contributed by atoms with van der Waals surface area (Å²) in [6.45, 7) is 2.61. The van der Waals surface area contributed by atoms with Gasteiger partial charge in [0.2, 0.25) is 0 Å². The van der Waals surface area contributed by atoms with Crippen LogP contribution in [0.1, 0.15) is 12.5 Å². The Kier molecular flexibility index (Phi) is 3.37. The van der Waals surface area contributed by atoms with Gasteiger partial charge in [-0.15, -0.1) is 0 Å². The van der Waals surface area contributed by atoms with E-state index in [0.717, 1.165) is 33.5 Å². The van der Waals surface area contributed by atoms with E-state index in [1.165, 1.54) is 0 Å². The van der Waals surface area contributed by atoms with Crippen LogP contribution in [0.5, 0.6) is 5.75 Å².